The molecule has 0 bridgehead atoms. The number of ketones is 1. The first-order valence-electron chi connectivity index (χ1n) is 23.3. The number of halogens is 8. The van der Waals surface area contributed by atoms with E-state index in [-0.39, 0.29) is 23.4 Å². The molecule has 0 saturated carbocycles. The van der Waals surface area contributed by atoms with Gasteiger partial charge in [0.05, 0.1) is 16.7 Å². The number of unbranched alkanes of at least 4 members (excludes halogenated alkanes) is 1. The number of fused-ring (bicyclic) bond motifs is 1. The quantitative estimate of drug-likeness (QED) is 0.0657. The van der Waals surface area contributed by atoms with Crippen LogP contribution in [0.25, 0.3) is 22.0 Å². The Hall–Kier alpha value is -5.61. The van der Waals surface area contributed by atoms with E-state index in [0.717, 1.165) is 79.5 Å². The van der Waals surface area contributed by atoms with E-state index < -0.39 is 41.2 Å². The number of hydrogen-bond acceptors (Lipinski definition) is 7. The molecule has 0 radical (unpaired) electrons. The van der Waals surface area contributed by atoms with Gasteiger partial charge in [0, 0.05) is 91.2 Å². The smallest absolute Gasteiger partial charge is 0.416 e. The molecule has 8 nitrogen and oxygen atoms in total. The molecular weight excluding hydrogens is 923 g/mol. The molecule has 3 heterocycles. The lowest BCUT2D eigenvalue weighted by Crippen LogP contribution is -2.53. The highest BCUT2D eigenvalue weighted by molar-refractivity contribution is 6.30. The van der Waals surface area contributed by atoms with Crippen molar-refractivity contribution in [3.8, 4) is 22.6 Å². The van der Waals surface area contributed by atoms with Crippen molar-refractivity contribution in [3.05, 3.63) is 148 Å². The fraction of sp³-hybridized carbons (Fsp3) is 0.377. The van der Waals surface area contributed by atoms with Crippen LogP contribution in [0.4, 0.5) is 36.4 Å². The van der Waals surface area contributed by atoms with Crippen molar-refractivity contribution < 1.29 is 45.0 Å². The van der Waals surface area contributed by atoms with Gasteiger partial charge in [-0.25, -0.2) is 4.39 Å². The topological polar surface area (TPSA) is 71.0 Å². The third-order valence-corrected chi connectivity index (χ3v) is 13.5. The van der Waals surface area contributed by atoms with Gasteiger partial charge in [0.15, 0.2) is 5.78 Å². The lowest BCUT2D eigenvalue weighted by atomic mass is 9.81. The van der Waals surface area contributed by atoms with Crippen molar-refractivity contribution >= 4 is 34.0 Å². The van der Waals surface area contributed by atoms with Crippen LogP contribution in [0, 0.1) is 12.7 Å². The molecular formula is C53H55ClF7N5O3. The normalized spacial score (nSPS) is 15.9. The molecule has 0 atom stereocenters. The van der Waals surface area contributed by atoms with Gasteiger partial charge in [-0.3, -0.25) is 14.6 Å². The van der Waals surface area contributed by atoms with Gasteiger partial charge in [-0.15, -0.1) is 0 Å². The maximum absolute atomic E-state index is 14.7. The third-order valence-electron chi connectivity index (χ3n) is 13.2. The van der Waals surface area contributed by atoms with Crippen molar-refractivity contribution in [2.45, 2.75) is 76.6 Å². The first-order valence-corrected chi connectivity index (χ1v) is 23.7. The molecule has 2 N–H and O–H groups in total. The summed E-state index contributed by atoms with van der Waals surface area (Å²) in [5, 5.41) is 8.60. The predicted octanol–water partition coefficient (Wildman–Crippen LogP) is 12.2. The van der Waals surface area contributed by atoms with Gasteiger partial charge in [0.2, 0.25) is 0 Å². The summed E-state index contributed by atoms with van der Waals surface area (Å²) in [5.41, 5.74) is 1.13. The summed E-state index contributed by atoms with van der Waals surface area (Å²) in [6.45, 7) is 8.82. The van der Waals surface area contributed by atoms with E-state index >= 15 is 0 Å². The Balaban J connectivity index is 0.897. The number of piperidine rings is 1. The summed E-state index contributed by atoms with van der Waals surface area (Å²) in [7, 11) is 0. The number of rotatable bonds is 18. The standard InChI is InChI=1S/C53H55ClF7N5O3/c1-36-30-43(15-18-48(36)69-35-39-11-12-40(52(56,57)58)32-46(39)53(59,60)61)63-51(19-21-62-22-20-51)49(67)10-2-3-23-66-34-45(37-6-4-8-42(55)31-37)50-38(7-5-9-47(50)66)33-65-26-24-64(25-27-65)28-29-68-44-16-13-41(54)14-17-44/h4-9,11-18,30-32,34,62-63H,2-3,10,19-29,33,35H2,1H3. The summed E-state index contributed by atoms with van der Waals surface area (Å²) in [6.07, 6.45) is -5.05. The number of carbonyl (C=O) groups is 1. The first-order chi connectivity index (χ1) is 33.0. The van der Waals surface area contributed by atoms with Crippen LogP contribution in [0.5, 0.6) is 11.5 Å². The van der Waals surface area contributed by atoms with E-state index in [9.17, 15) is 35.5 Å². The van der Waals surface area contributed by atoms with E-state index in [1.165, 1.54) is 11.6 Å². The van der Waals surface area contributed by atoms with Crippen molar-refractivity contribution in [2.75, 3.05) is 57.7 Å². The van der Waals surface area contributed by atoms with Crippen LogP contribution in [0.2, 0.25) is 5.02 Å². The van der Waals surface area contributed by atoms with Gasteiger partial charge in [-0.1, -0.05) is 41.9 Å². The number of nitrogens with zero attached hydrogens (tertiary/aromatic N) is 3. The Bertz CT molecular complexity index is 2710. The van der Waals surface area contributed by atoms with Crippen molar-refractivity contribution in [1.82, 2.24) is 19.7 Å². The molecule has 0 aliphatic carbocycles. The highest BCUT2D eigenvalue weighted by Crippen LogP contribution is 2.39. The van der Waals surface area contributed by atoms with Gasteiger partial charge in [-0.2, -0.15) is 26.3 Å². The number of Topliss-reactive ketones (excluding diaryl/α,β-unsaturated/α-hetero) is 1. The van der Waals surface area contributed by atoms with Crippen LogP contribution >= 0.6 is 11.6 Å². The average molecular weight is 978 g/mol. The molecule has 5 aromatic carbocycles. The van der Waals surface area contributed by atoms with Gasteiger partial charge in [0.25, 0.3) is 0 Å². The number of piperazine rings is 1. The van der Waals surface area contributed by atoms with Gasteiger partial charge in [0.1, 0.15) is 30.5 Å². The van der Waals surface area contributed by atoms with Gasteiger partial charge in [-0.05, 0) is 135 Å². The summed E-state index contributed by atoms with van der Waals surface area (Å²) in [6, 6.07) is 27.0. The van der Waals surface area contributed by atoms with Gasteiger partial charge >= 0.3 is 12.4 Å². The summed E-state index contributed by atoms with van der Waals surface area (Å²) < 4.78 is 109. The van der Waals surface area contributed by atoms with E-state index in [0.29, 0.717) is 74.3 Å². The Morgan fingerprint density at radius 1 is 0.783 bits per heavy atom. The largest absolute Gasteiger partial charge is 0.492 e. The molecule has 16 heteroatoms. The Morgan fingerprint density at radius 3 is 2.23 bits per heavy atom. The van der Waals surface area contributed by atoms with E-state index in [1.54, 1.807) is 37.3 Å². The molecule has 2 aliphatic heterocycles. The number of benzene rings is 5. The van der Waals surface area contributed by atoms with Crippen LogP contribution in [0.3, 0.4) is 0 Å². The number of carbonyl (C=O) groups excluding carboxylic acids is 1. The summed E-state index contributed by atoms with van der Waals surface area (Å²) >= 11 is 6.01. The second kappa shape index (κ2) is 21.6. The number of anilines is 1. The molecule has 0 spiro atoms. The molecule has 0 amide bonds. The maximum atomic E-state index is 14.7. The monoisotopic (exact) mass is 977 g/mol. The summed E-state index contributed by atoms with van der Waals surface area (Å²) in [4.78, 5) is 19.1. The zero-order valence-electron chi connectivity index (χ0n) is 38.3. The lowest BCUT2D eigenvalue weighted by molar-refractivity contribution is -0.143. The van der Waals surface area contributed by atoms with Gasteiger partial charge < -0.3 is 24.7 Å². The fourth-order valence-corrected chi connectivity index (χ4v) is 9.58. The third kappa shape index (κ3) is 12.4. The van der Waals surface area contributed by atoms with E-state index in [4.69, 9.17) is 21.1 Å². The molecule has 2 fully saturated rings. The van der Waals surface area contributed by atoms with Crippen LogP contribution in [-0.4, -0.2) is 78.1 Å². The zero-order valence-corrected chi connectivity index (χ0v) is 39.1. The van der Waals surface area contributed by atoms with Crippen LogP contribution in [0.1, 0.15) is 59.9 Å². The Labute approximate surface area is 402 Å². The minimum Gasteiger partial charge on any atom is -0.492 e. The lowest BCUT2D eigenvalue weighted by Gasteiger charge is -2.38. The average Bonchev–Trinajstić information content (AvgIpc) is 3.70. The second-order valence-corrected chi connectivity index (χ2v) is 18.4. The molecule has 6 aromatic rings. The van der Waals surface area contributed by atoms with E-state index in [1.807, 2.05) is 30.3 Å². The number of hydrogen-bond donors (Lipinski definition) is 2. The summed E-state index contributed by atoms with van der Waals surface area (Å²) in [5.74, 6) is 0.835. The highest BCUT2D eigenvalue weighted by Gasteiger charge is 2.40. The van der Waals surface area contributed by atoms with Crippen molar-refractivity contribution in [1.29, 1.82) is 0 Å². The number of aromatic nitrogens is 1. The van der Waals surface area contributed by atoms with E-state index in [2.05, 4.69) is 49.4 Å². The molecule has 0 unspecified atom stereocenters. The minimum absolute atomic E-state index is 0.0817. The second-order valence-electron chi connectivity index (χ2n) is 18.0. The molecule has 2 saturated heterocycles. The number of ether oxygens (including phenoxy) is 2. The predicted molar refractivity (Wildman–Crippen MR) is 255 cm³/mol. The maximum Gasteiger partial charge on any atom is 0.416 e. The van der Waals surface area contributed by atoms with Crippen LogP contribution in [-0.2, 0) is 36.8 Å². The highest BCUT2D eigenvalue weighted by atomic mass is 35.5. The molecule has 2 aliphatic rings. The molecule has 1 aromatic heterocycles. The minimum atomic E-state index is -5.01. The van der Waals surface area contributed by atoms with Crippen LogP contribution < -0.4 is 20.1 Å². The fourth-order valence-electron chi connectivity index (χ4n) is 9.45. The molecule has 8 rings (SSSR count). The first kappa shape index (κ1) is 49.8. The van der Waals surface area contributed by atoms with Crippen LogP contribution in [0.15, 0.2) is 109 Å². The van der Waals surface area contributed by atoms with Crippen molar-refractivity contribution in [3.63, 3.8) is 0 Å². The van der Waals surface area contributed by atoms with Crippen molar-refractivity contribution in [2.24, 2.45) is 0 Å². The number of nitrogens with one attached hydrogen (secondary N) is 2. The Kier molecular flexibility index (Phi) is 15.6. The molecule has 69 heavy (non-hydrogen) atoms. The Morgan fingerprint density at radius 2 is 1.52 bits per heavy atom. The number of aryl methyl sites for hydroxylation is 2. The molecule has 366 valence electrons. The number of alkyl halides is 6. The zero-order chi connectivity index (χ0) is 48.8. The SMILES string of the molecule is Cc1cc(NC2(C(=O)CCCCn3cc(-c4cccc(F)c4)c4c(CN5CCN(CCOc6ccc(Cl)cc6)CC5)cccc43)CCNCC2)ccc1OCc1ccc(C(F)(F)F)cc1C(F)(F)F.